The van der Waals surface area contributed by atoms with E-state index in [0.29, 0.717) is 6.42 Å². The topological polar surface area (TPSA) is 0 Å². The van der Waals surface area contributed by atoms with Gasteiger partial charge in [0.15, 0.2) is 6.17 Å². The molecule has 0 spiro atoms. The summed E-state index contributed by atoms with van der Waals surface area (Å²) in [5, 5.41) is 0. The van der Waals surface area contributed by atoms with E-state index in [1.165, 1.54) is 51.4 Å². The van der Waals surface area contributed by atoms with Crippen molar-refractivity contribution in [1.29, 1.82) is 0 Å². The van der Waals surface area contributed by atoms with Crippen LogP contribution in [-0.2, 0) is 0 Å². The number of rotatable bonds is 15. The van der Waals surface area contributed by atoms with Gasteiger partial charge in [-0.15, -0.1) is 0 Å². The summed E-state index contributed by atoms with van der Waals surface area (Å²) < 4.78 is 36.4. The van der Waals surface area contributed by atoms with Crippen molar-refractivity contribution in [2.75, 3.05) is 0 Å². The molecule has 0 bridgehead atoms. The van der Waals surface area contributed by atoms with E-state index < -0.39 is 12.6 Å². The maximum absolute atomic E-state index is 12.6. The number of alkyl halides is 3. The molecule has 1 unspecified atom stereocenters. The van der Waals surface area contributed by atoms with Gasteiger partial charge in [0.1, 0.15) is 0 Å². The Hall–Kier alpha value is -0.210. The van der Waals surface area contributed by atoms with Gasteiger partial charge in [-0.1, -0.05) is 90.4 Å². The molecule has 0 aliphatic heterocycles. The summed E-state index contributed by atoms with van der Waals surface area (Å²) in [6.07, 6.45) is 10.4. The quantitative estimate of drug-likeness (QED) is 0.288. The Morgan fingerprint density at radius 2 is 0.900 bits per heavy atom. The number of hydrogen-bond acceptors (Lipinski definition) is 0. The van der Waals surface area contributed by atoms with Crippen molar-refractivity contribution in [2.45, 2.75) is 102 Å². The lowest BCUT2D eigenvalue weighted by Crippen LogP contribution is -2.11. The first-order valence-electron chi connectivity index (χ1n) is 8.40. The van der Waals surface area contributed by atoms with Crippen LogP contribution in [0.25, 0.3) is 0 Å². The Kier molecular flexibility index (Phi) is 15.0. The molecule has 0 heterocycles. The van der Waals surface area contributed by atoms with Crippen molar-refractivity contribution in [3.8, 4) is 0 Å². The van der Waals surface area contributed by atoms with Gasteiger partial charge in [-0.2, -0.15) is 0 Å². The van der Waals surface area contributed by atoms with Gasteiger partial charge in [0.25, 0.3) is 6.43 Å². The van der Waals surface area contributed by atoms with Crippen LogP contribution in [0.1, 0.15) is 89.9 Å². The Bertz CT molecular complexity index is 183. The monoisotopic (exact) mass is 293 g/mol. The predicted octanol–water partition coefficient (Wildman–Crippen LogP) is 6.89. The fourth-order valence-electron chi connectivity index (χ4n) is 2.41. The molecule has 0 aromatic heterocycles. The van der Waals surface area contributed by atoms with Crippen molar-refractivity contribution in [3.05, 3.63) is 6.92 Å². The second-order valence-corrected chi connectivity index (χ2v) is 5.74. The predicted molar refractivity (Wildman–Crippen MR) is 80.9 cm³/mol. The summed E-state index contributed by atoms with van der Waals surface area (Å²) >= 11 is 0. The minimum absolute atomic E-state index is 0.0188. The minimum atomic E-state index is -2.80. The van der Waals surface area contributed by atoms with E-state index in [9.17, 15) is 13.2 Å². The van der Waals surface area contributed by atoms with Crippen LogP contribution in [0.4, 0.5) is 13.2 Å². The zero-order valence-corrected chi connectivity index (χ0v) is 12.9. The molecule has 0 rings (SSSR count). The van der Waals surface area contributed by atoms with Gasteiger partial charge in [0, 0.05) is 0 Å². The largest absolute Gasteiger partial charge is 0.269 e. The van der Waals surface area contributed by atoms with Gasteiger partial charge in [-0.3, -0.25) is 0 Å². The molecule has 0 N–H and O–H groups in total. The van der Waals surface area contributed by atoms with Crippen molar-refractivity contribution in [1.82, 2.24) is 0 Å². The summed E-state index contributed by atoms with van der Waals surface area (Å²) in [5.41, 5.74) is 0. The summed E-state index contributed by atoms with van der Waals surface area (Å²) in [5.74, 6) is 0. The van der Waals surface area contributed by atoms with E-state index in [0.717, 1.165) is 25.7 Å². The lowest BCUT2D eigenvalue weighted by atomic mass is 10.0. The molecule has 20 heavy (non-hydrogen) atoms. The summed E-state index contributed by atoms with van der Waals surface area (Å²) in [7, 11) is 0. The van der Waals surface area contributed by atoms with Crippen molar-refractivity contribution in [2.24, 2.45) is 0 Å². The minimum Gasteiger partial charge on any atom is -0.241 e. The number of halogens is 3. The molecule has 0 nitrogen and oxygen atoms in total. The van der Waals surface area contributed by atoms with E-state index in [2.05, 4.69) is 6.92 Å². The molecule has 0 aromatic rings. The van der Waals surface area contributed by atoms with Crippen LogP contribution in [0.15, 0.2) is 0 Å². The van der Waals surface area contributed by atoms with Crippen LogP contribution in [-0.4, -0.2) is 12.6 Å². The van der Waals surface area contributed by atoms with Crippen LogP contribution in [0.5, 0.6) is 0 Å². The van der Waals surface area contributed by atoms with E-state index in [1.54, 1.807) is 0 Å². The first-order valence-corrected chi connectivity index (χ1v) is 8.40. The van der Waals surface area contributed by atoms with Gasteiger partial charge in [0.2, 0.25) is 0 Å². The molecule has 0 fully saturated rings. The van der Waals surface area contributed by atoms with E-state index in [1.807, 2.05) is 0 Å². The van der Waals surface area contributed by atoms with Crippen LogP contribution < -0.4 is 0 Å². The van der Waals surface area contributed by atoms with Crippen LogP contribution in [0, 0.1) is 6.92 Å². The zero-order chi connectivity index (χ0) is 15.1. The van der Waals surface area contributed by atoms with Crippen molar-refractivity contribution >= 4 is 0 Å². The first kappa shape index (κ1) is 19.8. The molecule has 1 atom stereocenters. The molecule has 0 amide bonds. The highest BCUT2D eigenvalue weighted by Crippen LogP contribution is 2.16. The third-order valence-corrected chi connectivity index (χ3v) is 3.75. The maximum atomic E-state index is 12.6. The number of unbranched alkanes of at least 4 members (excludes halogenated alkanes) is 12. The lowest BCUT2D eigenvalue weighted by Gasteiger charge is -2.06. The van der Waals surface area contributed by atoms with Gasteiger partial charge >= 0.3 is 0 Å². The third-order valence-electron chi connectivity index (χ3n) is 3.75. The molecule has 0 aliphatic carbocycles. The highest BCUT2D eigenvalue weighted by atomic mass is 19.3. The maximum Gasteiger partial charge on any atom is 0.269 e. The Balaban J connectivity index is 3.03. The van der Waals surface area contributed by atoms with E-state index in [4.69, 9.17) is 0 Å². The summed E-state index contributed by atoms with van der Waals surface area (Å²) in [6.45, 7) is 3.83. The second kappa shape index (κ2) is 15.2. The molecule has 3 heteroatoms. The standard InChI is InChI=1S/C17H32F3/c1-2-3-4-5-6-7-8-9-10-11-12-13-14-15-16(18)17(19)20/h16-17H,1-15H2. The van der Waals surface area contributed by atoms with Crippen LogP contribution in [0.3, 0.4) is 0 Å². The SMILES string of the molecule is [CH2]CCCCCCCCCCCCCCC(F)C(F)F. The smallest absolute Gasteiger partial charge is 0.241 e. The normalized spacial score (nSPS) is 13.1. The summed E-state index contributed by atoms with van der Waals surface area (Å²) in [6, 6.07) is 0. The highest BCUT2D eigenvalue weighted by Gasteiger charge is 2.17. The fraction of sp³-hybridized carbons (Fsp3) is 0.941. The molecule has 1 radical (unpaired) electrons. The third kappa shape index (κ3) is 14.2. The van der Waals surface area contributed by atoms with Crippen molar-refractivity contribution < 1.29 is 13.2 Å². The zero-order valence-electron chi connectivity index (χ0n) is 12.9. The number of hydrogen-bond donors (Lipinski definition) is 0. The Morgan fingerprint density at radius 3 is 1.25 bits per heavy atom. The average Bonchev–Trinajstić information content (AvgIpc) is 2.43. The Morgan fingerprint density at radius 1 is 0.550 bits per heavy atom. The van der Waals surface area contributed by atoms with Gasteiger partial charge in [-0.25, -0.2) is 13.2 Å². The fourth-order valence-corrected chi connectivity index (χ4v) is 2.41. The Labute approximate surface area is 123 Å². The average molecular weight is 293 g/mol. The molecule has 0 saturated heterocycles. The van der Waals surface area contributed by atoms with Gasteiger partial charge in [-0.05, 0) is 6.42 Å². The van der Waals surface area contributed by atoms with Crippen LogP contribution >= 0.6 is 0 Å². The molecule has 121 valence electrons. The lowest BCUT2D eigenvalue weighted by molar-refractivity contribution is 0.0440. The van der Waals surface area contributed by atoms with E-state index in [-0.39, 0.29) is 6.42 Å². The molecular formula is C17H32F3. The summed E-state index contributed by atoms with van der Waals surface area (Å²) in [4.78, 5) is 0. The second-order valence-electron chi connectivity index (χ2n) is 5.74. The molecular weight excluding hydrogens is 261 g/mol. The van der Waals surface area contributed by atoms with E-state index >= 15 is 0 Å². The molecule has 0 aliphatic rings. The molecule has 0 saturated carbocycles. The van der Waals surface area contributed by atoms with Crippen LogP contribution in [0.2, 0.25) is 0 Å². The molecule has 0 aromatic carbocycles. The van der Waals surface area contributed by atoms with Gasteiger partial charge in [0.05, 0.1) is 0 Å². The highest BCUT2D eigenvalue weighted by molar-refractivity contribution is 4.58. The van der Waals surface area contributed by atoms with Crippen molar-refractivity contribution in [3.63, 3.8) is 0 Å². The first-order chi connectivity index (χ1) is 9.68. The van der Waals surface area contributed by atoms with Gasteiger partial charge < -0.3 is 0 Å².